The first-order chi connectivity index (χ1) is 16.0. The van der Waals surface area contributed by atoms with Crippen LogP contribution >= 0.6 is 0 Å². The zero-order chi connectivity index (χ0) is 22.9. The minimum absolute atomic E-state index is 0.00818. The van der Waals surface area contributed by atoms with Crippen LogP contribution in [0.25, 0.3) is 22.7 Å². The maximum Gasteiger partial charge on any atom is 0.253 e. The lowest BCUT2D eigenvalue weighted by Gasteiger charge is -2.25. The van der Waals surface area contributed by atoms with Crippen LogP contribution in [0.3, 0.4) is 0 Å². The van der Waals surface area contributed by atoms with Crippen LogP contribution in [-0.4, -0.2) is 58.5 Å². The number of nitrogens with zero attached hydrogens (tertiary/aromatic N) is 3. The highest BCUT2D eigenvalue weighted by Crippen LogP contribution is 2.28. The number of pyridine rings is 1. The van der Waals surface area contributed by atoms with Crippen LogP contribution in [0, 0.1) is 5.82 Å². The van der Waals surface area contributed by atoms with Crippen LogP contribution in [0.1, 0.15) is 42.5 Å². The lowest BCUT2D eigenvalue weighted by atomic mass is 10.1. The molecule has 1 aliphatic carbocycles. The number of benzene rings is 1. The lowest BCUT2D eigenvalue weighted by Crippen LogP contribution is -2.41. The Labute approximate surface area is 190 Å². The van der Waals surface area contributed by atoms with E-state index in [-0.39, 0.29) is 47.0 Å². The summed E-state index contributed by atoms with van der Waals surface area (Å²) in [5.41, 5.74) is 1.29. The molecule has 5 rings (SSSR count). The van der Waals surface area contributed by atoms with Gasteiger partial charge in [0.25, 0.3) is 5.91 Å². The van der Waals surface area contributed by atoms with E-state index in [1.165, 1.54) is 12.1 Å². The average Bonchev–Trinajstić information content (AvgIpc) is 3.58. The summed E-state index contributed by atoms with van der Waals surface area (Å²) in [6.45, 7) is 0.626. The number of nitrogens with one attached hydrogen (secondary N) is 1. The van der Waals surface area contributed by atoms with Crippen LogP contribution in [0.2, 0.25) is 0 Å². The van der Waals surface area contributed by atoms with E-state index in [1.54, 1.807) is 36.3 Å². The van der Waals surface area contributed by atoms with Gasteiger partial charge in [-0.2, -0.15) is 4.98 Å². The largest absolute Gasteiger partial charge is 0.434 e. The molecule has 172 valence electrons. The van der Waals surface area contributed by atoms with Gasteiger partial charge in [-0.05, 0) is 62.4 Å². The Morgan fingerprint density at radius 1 is 1.21 bits per heavy atom. The quantitative estimate of drug-likeness (QED) is 0.638. The number of amides is 2. The second kappa shape index (κ2) is 8.90. The minimum atomic E-state index is -0.589. The Hall–Kier alpha value is -3.33. The van der Waals surface area contributed by atoms with Gasteiger partial charge in [0.1, 0.15) is 11.9 Å². The first kappa shape index (κ1) is 21.5. The van der Waals surface area contributed by atoms with Crippen molar-refractivity contribution in [2.75, 3.05) is 13.7 Å². The normalized spacial score (nSPS) is 22.5. The molecule has 1 saturated heterocycles. The van der Waals surface area contributed by atoms with E-state index in [9.17, 15) is 14.0 Å². The Kier molecular flexibility index (Phi) is 5.80. The summed E-state index contributed by atoms with van der Waals surface area (Å²) < 4.78 is 25.9. The molecule has 0 radical (unpaired) electrons. The van der Waals surface area contributed by atoms with Gasteiger partial charge < -0.3 is 19.4 Å². The first-order valence-corrected chi connectivity index (χ1v) is 11.2. The van der Waals surface area contributed by atoms with Gasteiger partial charge in [-0.3, -0.25) is 9.59 Å². The van der Waals surface area contributed by atoms with Crippen molar-refractivity contribution in [2.24, 2.45) is 0 Å². The fourth-order valence-corrected chi connectivity index (χ4v) is 4.59. The first-order valence-electron chi connectivity index (χ1n) is 11.2. The molecule has 2 amide bonds. The molecule has 3 aromatic rings. The molecule has 0 bridgehead atoms. The Morgan fingerprint density at radius 2 is 2.09 bits per heavy atom. The Morgan fingerprint density at radius 3 is 2.85 bits per heavy atom. The number of hydrogen-bond donors (Lipinski definition) is 1. The number of carbonyl (C=O) groups is 2. The SMILES string of the molecule is CN(C(=O)c1ccc(-c2nc3ncccc3o2)c(F)c1)[C@@H]1CC[C@H](NC(=O)C2CCCO2)C1. The van der Waals surface area contributed by atoms with Crippen molar-refractivity contribution in [3.63, 3.8) is 0 Å². The summed E-state index contributed by atoms with van der Waals surface area (Å²) in [5, 5.41) is 3.05. The van der Waals surface area contributed by atoms with E-state index < -0.39 is 5.82 Å². The molecular weight excluding hydrogens is 427 g/mol. The van der Waals surface area contributed by atoms with E-state index in [0.29, 0.717) is 24.3 Å². The van der Waals surface area contributed by atoms with Crippen molar-refractivity contribution in [2.45, 2.75) is 50.3 Å². The average molecular weight is 452 g/mol. The fourth-order valence-electron chi connectivity index (χ4n) is 4.59. The van der Waals surface area contributed by atoms with Gasteiger partial charge >= 0.3 is 0 Å². The predicted octanol–water partition coefficient (Wildman–Crippen LogP) is 3.32. The van der Waals surface area contributed by atoms with Gasteiger partial charge in [0.2, 0.25) is 11.8 Å². The smallest absolute Gasteiger partial charge is 0.253 e. The fraction of sp³-hybridized carbons (Fsp3) is 0.417. The monoisotopic (exact) mass is 452 g/mol. The number of carbonyl (C=O) groups excluding carboxylic acids is 2. The van der Waals surface area contributed by atoms with Crippen LogP contribution in [0.15, 0.2) is 40.9 Å². The zero-order valence-electron chi connectivity index (χ0n) is 18.3. The van der Waals surface area contributed by atoms with Gasteiger partial charge in [-0.25, -0.2) is 9.37 Å². The third kappa shape index (κ3) is 4.32. The van der Waals surface area contributed by atoms with E-state index >= 15 is 0 Å². The molecule has 3 heterocycles. The van der Waals surface area contributed by atoms with Crippen LogP contribution in [0.4, 0.5) is 4.39 Å². The predicted molar refractivity (Wildman–Crippen MR) is 118 cm³/mol. The second-order valence-electron chi connectivity index (χ2n) is 8.63. The Bertz CT molecular complexity index is 1160. The molecule has 1 saturated carbocycles. The van der Waals surface area contributed by atoms with Crippen molar-refractivity contribution in [3.8, 4) is 11.5 Å². The lowest BCUT2D eigenvalue weighted by molar-refractivity contribution is -0.130. The van der Waals surface area contributed by atoms with E-state index in [4.69, 9.17) is 9.15 Å². The summed E-state index contributed by atoms with van der Waals surface area (Å²) in [7, 11) is 1.72. The van der Waals surface area contributed by atoms with E-state index in [0.717, 1.165) is 25.7 Å². The molecule has 3 atom stereocenters. The van der Waals surface area contributed by atoms with E-state index in [1.807, 2.05) is 0 Å². The van der Waals surface area contributed by atoms with Crippen molar-refractivity contribution in [1.82, 2.24) is 20.2 Å². The van der Waals surface area contributed by atoms with Gasteiger partial charge in [-0.1, -0.05) is 0 Å². The molecule has 2 aliphatic rings. The van der Waals surface area contributed by atoms with Crippen molar-refractivity contribution < 1.29 is 23.1 Å². The van der Waals surface area contributed by atoms with Gasteiger partial charge in [0, 0.05) is 37.5 Å². The molecule has 8 nitrogen and oxygen atoms in total. The molecule has 1 aliphatic heterocycles. The van der Waals surface area contributed by atoms with E-state index in [2.05, 4.69) is 15.3 Å². The topological polar surface area (TPSA) is 97.6 Å². The third-order valence-electron chi connectivity index (χ3n) is 6.45. The molecular formula is C24H25FN4O4. The van der Waals surface area contributed by atoms with Crippen molar-refractivity contribution in [1.29, 1.82) is 0 Å². The molecule has 1 unspecified atom stereocenters. The number of halogens is 1. The number of hydrogen-bond acceptors (Lipinski definition) is 6. The number of aromatic nitrogens is 2. The number of fused-ring (bicyclic) bond motifs is 1. The molecule has 2 aromatic heterocycles. The minimum Gasteiger partial charge on any atom is -0.434 e. The van der Waals surface area contributed by atoms with Gasteiger partial charge in [0.15, 0.2) is 11.2 Å². The maximum atomic E-state index is 14.9. The number of oxazole rings is 1. The number of rotatable bonds is 5. The van der Waals surface area contributed by atoms with Crippen LogP contribution in [0.5, 0.6) is 0 Å². The molecule has 33 heavy (non-hydrogen) atoms. The summed E-state index contributed by atoms with van der Waals surface area (Å²) in [6, 6.07) is 7.69. The van der Waals surface area contributed by atoms with Crippen molar-refractivity contribution in [3.05, 3.63) is 47.9 Å². The zero-order valence-corrected chi connectivity index (χ0v) is 18.3. The highest BCUT2D eigenvalue weighted by Gasteiger charge is 2.33. The molecule has 1 aromatic carbocycles. The second-order valence-corrected chi connectivity index (χ2v) is 8.63. The van der Waals surface area contributed by atoms with Crippen LogP contribution in [-0.2, 0) is 9.53 Å². The summed E-state index contributed by atoms with van der Waals surface area (Å²) >= 11 is 0. The third-order valence-corrected chi connectivity index (χ3v) is 6.45. The summed E-state index contributed by atoms with van der Waals surface area (Å²) in [5.74, 6) is -0.807. The molecule has 1 N–H and O–H groups in total. The van der Waals surface area contributed by atoms with Gasteiger partial charge in [0.05, 0.1) is 5.56 Å². The van der Waals surface area contributed by atoms with Gasteiger partial charge in [-0.15, -0.1) is 0 Å². The Balaban J connectivity index is 1.24. The highest BCUT2D eigenvalue weighted by atomic mass is 19.1. The van der Waals surface area contributed by atoms with Crippen molar-refractivity contribution >= 4 is 23.0 Å². The highest BCUT2D eigenvalue weighted by molar-refractivity contribution is 5.94. The molecule has 0 spiro atoms. The standard InChI is InChI=1S/C24H25FN4O4/c1-29(16-8-7-15(13-16)27-22(30)20-5-3-11-32-20)24(31)14-6-9-17(18(25)12-14)23-28-21-19(33-23)4-2-10-26-21/h2,4,6,9-10,12,15-16,20H,3,5,7-8,11,13H2,1H3,(H,27,30)/t15-,16+,20?/m0/s1. The summed E-state index contributed by atoms with van der Waals surface area (Å²) in [4.78, 5) is 35.3. The van der Waals surface area contributed by atoms with Crippen LogP contribution < -0.4 is 5.32 Å². The summed E-state index contributed by atoms with van der Waals surface area (Å²) in [6.07, 6.45) is 5.11. The maximum absolute atomic E-state index is 14.9. The number of ether oxygens (including phenoxy) is 1. The molecule has 2 fully saturated rings. The molecule has 9 heteroatoms.